The highest BCUT2D eigenvalue weighted by Crippen LogP contribution is 2.37. The van der Waals surface area contributed by atoms with E-state index >= 15 is 0 Å². The number of aromatic amines is 1. The number of hydrogen-bond donors (Lipinski definition) is 2. The van der Waals surface area contributed by atoms with Gasteiger partial charge in [-0.1, -0.05) is 6.07 Å². The van der Waals surface area contributed by atoms with Crippen LogP contribution in [-0.4, -0.2) is 52.4 Å². The van der Waals surface area contributed by atoms with Gasteiger partial charge in [-0.05, 0) is 67.7 Å². The van der Waals surface area contributed by atoms with Crippen LogP contribution >= 0.6 is 0 Å². The van der Waals surface area contributed by atoms with E-state index in [-0.39, 0.29) is 41.8 Å². The van der Waals surface area contributed by atoms with Crippen molar-refractivity contribution in [2.24, 2.45) is 17.8 Å². The molecule has 3 aliphatic rings. The van der Waals surface area contributed by atoms with Crippen molar-refractivity contribution in [3.63, 3.8) is 0 Å². The topological polar surface area (TPSA) is 87.3 Å². The molecule has 2 fully saturated rings. The molecule has 2 amide bonds. The van der Waals surface area contributed by atoms with Gasteiger partial charge < -0.3 is 19.9 Å². The predicted molar refractivity (Wildman–Crippen MR) is 128 cm³/mol. The molecule has 0 radical (unpaired) electrons. The van der Waals surface area contributed by atoms with Crippen LogP contribution in [0.25, 0.3) is 11.0 Å². The maximum atomic E-state index is 14.6. The van der Waals surface area contributed by atoms with Crippen LogP contribution in [0.3, 0.4) is 0 Å². The quantitative estimate of drug-likeness (QED) is 0.579. The minimum absolute atomic E-state index is 0.0244. The number of benzene rings is 2. The van der Waals surface area contributed by atoms with Crippen LogP contribution in [0.5, 0.6) is 5.75 Å². The van der Waals surface area contributed by atoms with Gasteiger partial charge in [-0.25, -0.2) is 13.8 Å². The minimum atomic E-state index is -0.549. The number of rotatable bonds is 3. The van der Waals surface area contributed by atoms with Crippen LogP contribution < -0.4 is 10.1 Å². The molecule has 2 aromatic carbocycles. The Morgan fingerprint density at radius 1 is 1.11 bits per heavy atom. The fourth-order valence-electron chi connectivity index (χ4n) is 6.11. The molecule has 6 rings (SSSR count). The normalized spacial score (nSPS) is 25.6. The van der Waals surface area contributed by atoms with Crippen LogP contribution in [0.2, 0.25) is 0 Å². The van der Waals surface area contributed by atoms with E-state index in [9.17, 15) is 18.4 Å². The van der Waals surface area contributed by atoms with Crippen molar-refractivity contribution < 1.29 is 23.1 Å². The summed E-state index contributed by atoms with van der Waals surface area (Å²) >= 11 is 0. The molecule has 1 saturated carbocycles. The van der Waals surface area contributed by atoms with Gasteiger partial charge in [0.15, 0.2) is 0 Å². The van der Waals surface area contributed by atoms with Crippen molar-refractivity contribution >= 4 is 22.8 Å². The highest BCUT2D eigenvalue weighted by Gasteiger charge is 2.38. The van der Waals surface area contributed by atoms with Gasteiger partial charge in [-0.15, -0.1) is 0 Å². The maximum Gasteiger partial charge on any atom is 0.259 e. The van der Waals surface area contributed by atoms with Crippen molar-refractivity contribution in [3.05, 3.63) is 59.4 Å². The van der Waals surface area contributed by atoms with E-state index in [1.54, 1.807) is 17.0 Å². The second-order valence-electron chi connectivity index (χ2n) is 10.3. The monoisotopic (exact) mass is 494 g/mol. The molecule has 7 nitrogen and oxygen atoms in total. The molecule has 4 atom stereocenters. The van der Waals surface area contributed by atoms with Crippen LogP contribution in [-0.2, 0) is 11.2 Å². The molecule has 188 valence electrons. The Balaban J connectivity index is 1.06. The Labute approximate surface area is 207 Å². The highest BCUT2D eigenvalue weighted by molar-refractivity contribution is 6.05. The van der Waals surface area contributed by atoms with Gasteiger partial charge in [0, 0.05) is 25.2 Å². The van der Waals surface area contributed by atoms with Gasteiger partial charge in [0.1, 0.15) is 35.1 Å². The molecule has 1 aromatic heterocycles. The highest BCUT2D eigenvalue weighted by atomic mass is 19.1. The third kappa shape index (κ3) is 4.20. The molecule has 3 heterocycles. The van der Waals surface area contributed by atoms with E-state index in [1.807, 2.05) is 0 Å². The SMILES string of the molecule is O=C(NC1CCC2CN(C(=O)c3c(F)ccc4[nH]cnc34)CCC2C1)C1COc2cc(F)ccc2C1. The number of ether oxygens (including phenoxy) is 1. The van der Waals surface area contributed by atoms with Crippen LogP contribution in [0.15, 0.2) is 36.7 Å². The fraction of sp³-hybridized carbons (Fsp3) is 0.444. The summed E-state index contributed by atoms with van der Waals surface area (Å²) < 4.78 is 33.7. The van der Waals surface area contributed by atoms with Crippen molar-refractivity contribution in [3.8, 4) is 5.75 Å². The summed E-state index contributed by atoms with van der Waals surface area (Å²) in [5.74, 6) is -0.260. The number of H-pyrrole nitrogens is 1. The molecular formula is C27H28F2N4O3. The van der Waals surface area contributed by atoms with Crippen LogP contribution in [0, 0.1) is 29.4 Å². The lowest BCUT2D eigenvalue weighted by atomic mass is 9.73. The summed E-state index contributed by atoms with van der Waals surface area (Å²) in [5, 5.41) is 3.21. The Bertz CT molecular complexity index is 1330. The largest absolute Gasteiger partial charge is 0.492 e. The summed E-state index contributed by atoms with van der Waals surface area (Å²) in [5.41, 5.74) is 1.90. The minimum Gasteiger partial charge on any atom is -0.492 e. The van der Waals surface area contributed by atoms with Gasteiger partial charge in [0.2, 0.25) is 5.91 Å². The third-order valence-corrected chi connectivity index (χ3v) is 8.06. The summed E-state index contributed by atoms with van der Waals surface area (Å²) in [7, 11) is 0. The zero-order valence-electron chi connectivity index (χ0n) is 19.8. The molecular weight excluding hydrogens is 466 g/mol. The molecule has 1 aliphatic carbocycles. The number of nitrogens with one attached hydrogen (secondary N) is 2. The molecule has 0 spiro atoms. The molecule has 2 N–H and O–H groups in total. The number of hydrogen-bond acceptors (Lipinski definition) is 4. The molecule has 0 bridgehead atoms. The number of carbonyl (C=O) groups excluding carboxylic acids is 2. The average Bonchev–Trinajstić information content (AvgIpc) is 3.36. The van der Waals surface area contributed by atoms with Gasteiger partial charge in [0.05, 0.1) is 17.8 Å². The zero-order chi connectivity index (χ0) is 24.8. The summed E-state index contributed by atoms with van der Waals surface area (Å²) in [6, 6.07) is 7.43. The first-order valence-electron chi connectivity index (χ1n) is 12.6. The van der Waals surface area contributed by atoms with Crippen molar-refractivity contribution in [1.82, 2.24) is 20.2 Å². The van der Waals surface area contributed by atoms with Gasteiger partial charge in [0.25, 0.3) is 5.91 Å². The third-order valence-electron chi connectivity index (χ3n) is 8.06. The van der Waals surface area contributed by atoms with E-state index in [2.05, 4.69) is 15.3 Å². The van der Waals surface area contributed by atoms with Gasteiger partial charge in [-0.3, -0.25) is 9.59 Å². The fourth-order valence-corrected chi connectivity index (χ4v) is 6.11. The lowest BCUT2D eigenvalue weighted by Crippen LogP contribution is -2.50. The van der Waals surface area contributed by atoms with E-state index in [4.69, 9.17) is 4.74 Å². The van der Waals surface area contributed by atoms with E-state index in [0.29, 0.717) is 48.1 Å². The number of carbonyl (C=O) groups is 2. The van der Waals surface area contributed by atoms with E-state index < -0.39 is 5.82 Å². The van der Waals surface area contributed by atoms with Crippen molar-refractivity contribution in [2.45, 2.75) is 38.1 Å². The Morgan fingerprint density at radius 3 is 2.89 bits per heavy atom. The Morgan fingerprint density at radius 2 is 2.00 bits per heavy atom. The number of amides is 2. The number of likely N-dealkylation sites (tertiary alicyclic amines) is 1. The lowest BCUT2D eigenvalue weighted by Gasteiger charge is -2.44. The molecule has 9 heteroatoms. The smallest absolute Gasteiger partial charge is 0.259 e. The van der Waals surface area contributed by atoms with Gasteiger partial charge >= 0.3 is 0 Å². The van der Waals surface area contributed by atoms with Crippen molar-refractivity contribution in [2.75, 3.05) is 19.7 Å². The number of nitrogens with zero attached hydrogens (tertiary/aromatic N) is 2. The summed E-state index contributed by atoms with van der Waals surface area (Å²) in [4.78, 5) is 35.0. The number of fused-ring (bicyclic) bond motifs is 3. The van der Waals surface area contributed by atoms with Crippen molar-refractivity contribution in [1.29, 1.82) is 0 Å². The van der Waals surface area contributed by atoms with Crippen LogP contribution in [0.1, 0.15) is 41.6 Å². The first-order valence-corrected chi connectivity index (χ1v) is 12.6. The maximum absolute atomic E-state index is 14.6. The first kappa shape index (κ1) is 22.9. The molecule has 2 aliphatic heterocycles. The summed E-state index contributed by atoms with van der Waals surface area (Å²) in [6.07, 6.45) is 5.45. The Hall–Kier alpha value is -3.49. The molecule has 1 saturated heterocycles. The summed E-state index contributed by atoms with van der Waals surface area (Å²) in [6.45, 7) is 1.40. The van der Waals surface area contributed by atoms with E-state index in [0.717, 1.165) is 31.2 Å². The molecule has 36 heavy (non-hydrogen) atoms. The Kier molecular flexibility index (Phi) is 5.85. The lowest BCUT2D eigenvalue weighted by molar-refractivity contribution is -0.127. The number of halogens is 2. The molecule has 3 aromatic rings. The number of aromatic nitrogens is 2. The molecule has 4 unspecified atom stereocenters. The predicted octanol–water partition coefficient (Wildman–Crippen LogP) is 3.84. The average molecular weight is 495 g/mol. The number of imidazole rings is 1. The standard InChI is InChI=1S/C27H28F2N4O3/c28-19-3-1-16-9-18(13-36-23(16)11-19)26(34)32-20-4-2-17-12-33(8-7-15(17)10-20)27(35)24-21(29)5-6-22-25(24)31-14-30-22/h1,3,5-6,11,14-15,17-18,20H,2,4,7-10,12-13H2,(H,30,31)(H,32,34). The van der Waals surface area contributed by atoms with Gasteiger partial charge in [-0.2, -0.15) is 0 Å². The second kappa shape index (κ2) is 9.19. The van der Waals surface area contributed by atoms with E-state index in [1.165, 1.54) is 24.5 Å². The second-order valence-corrected chi connectivity index (χ2v) is 10.3. The first-order chi connectivity index (χ1) is 17.5. The van der Waals surface area contributed by atoms with Crippen LogP contribution in [0.4, 0.5) is 8.78 Å². The zero-order valence-corrected chi connectivity index (χ0v) is 19.8. The number of piperidine rings is 1.